The lowest BCUT2D eigenvalue weighted by molar-refractivity contribution is -0.133. The van der Waals surface area contributed by atoms with Gasteiger partial charge in [0.1, 0.15) is 5.75 Å². The molecule has 0 saturated heterocycles. The van der Waals surface area contributed by atoms with Crippen molar-refractivity contribution in [1.82, 2.24) is 4.90 Å². The third-order valence-electron chi connectivity index (χ3n) is 4.36. The minimum Gasteiger partial charge on any atom is -0.493 e. The summed E-state index contributed by atoms with van der Waals surface area (Å²) >= 11 is 0. The lowest BCUT2D eigenvalue weighted by Gasteiger charge is -2.23. The lowest BCUT2D eigenvalue weighted by Crippen LogP contribution is -2.31. The van der Waals surface area contributed by atoms with E-state index in [0.717, 1.165) is 22.4 Å². The van der Waals surface area contributed by atoms with Gasteiger partial charge in [-0.15, -0.1) is 0 Å². The van der Waals surface area contributed by atoms with E-state index in [1.807, 2.05) is 72.5 Å². The molecule has 0 aliphatic rings. The summed E-state index contributed by atoms with van der Waals surface area (Å²) in [7, 11) is 0. The number of rotatable bonds is 8. The Hall–Kier alpha value is -3.07. The second kappa shape index (κ2) is 9.58. The summed E-state index contributed by atoms with van der Waals surface area (Å²) in [5, 5.41) is 0. The quantitative estimate of drug-likeness (QED) is 0.567. The van der Waals surface area contributed by atoms with Crippen molar-refractivity contribution in [3.05, 3.63) is 102 Å². The Labute approximate surface area is 161 Å². The predicted molar refractivity (Wildman–Crippen MR) is 108 cm³/mol. The molecule has 0 unspecified atom stereocenters. The van der Waals surface area contributed by atoms with Crippen molar-refractivity contribution in [2.75, 3.05) is 6.61 Å². The Morgan fingerprint density at radius 2 is 1.41 bits per heavy atom. The van der Waals surface area contributed by atoms with Crippen molar-refractivity contribution in [3.8, 4) is 5.75 Å². The molecule has 138 valence electrons. The van der Waals surface area contributed by atoms with Gasteiger partial charge in [0.15, 0.2) is 0 Å². The first-order chi connectivity index (χ1) is 13.2. The Bertz CT molecular complexity index is 805. The van der Waals surface area contributed by atoms with E-state index >= 15 is 0 Å². The van der Waals surface area contributed by atoms with Crippen molar-refractivity contribution in [1.29, 1.82) is 0 Å². The number of aryl methyl sites for hydroxylation is 1. The van der Waals surface area contributed by atoms with E-state index in [0.29, 0.717) is 26.1 Å². The first-order valence-electron chi connectivity index (χ1n) is 9.26. The number of carbonyl (C=O) groups excluding carboxylic acids is 1. The molecule has 0 spiro atoms. The first-order valence-corrected chi connectivity index (χ1v) is 9.26. The smallest absolute Gasteiger partial charge is 0.226 e. The molecule has 3 aromatic rings. The van der Waals surface area contributed by atoms with Crippen molar-refractivity contribution in [2.24, 2.45) is 0 Å². The van der Waals surface area contributed by atoms with Crippen LogP contribution < -0.4 is 4.74 Å². The van der Waals surface area contributed by atoms with Gasteiger partial charge < -0.3 is 9.64 Å². The van der Waals surface area contributed by atoms with Gasteiger partial charge in [-0.05, 0) is 35.7 Å². The van der Waals surface area contributed by atoms with Crippen LogP contribution in [0.2, 0.25) is 0 Å². The van der Waals surface area contributed by atoms with Crippen molar-refractivity contribution >= 4 is 5.91 Å². The molecule has 0 heterocycles. The van der Waals surface area contributed by atoms with Gasteiger partial charge in [-0.1, -0.05) is 72.8 Å². The number of nitrogens with zero attached hydrogens (tertiary/aromatic N) is 1. The molecule has 3 nitrogen and oxygen atoms in total. The summed E-state index contributed by atoms with van der Waals surface area (Å²) in [6.07, 6.45) is 0.355. The van der Waals surface area contributed by atoms with Crippen LogP contribution in [0.15, 0.2) is 84.9 Å². The summed E-state index contributed by atoms with van der Waals surface area (Å²) < 4.78 is 5.76. The molecule has 0 bridgehead atoms. The number of hydrogen-bond donors (Lipinski definition) is 0. The van der Waals surface area contributed by atoms with Crippen molar-refractivity contribution in [3.63, 3.8) is 0 Å². The molecule has 0 saturated carbocycles. The van der Waals surface area contributed by atoms with Crippen LogP contribution in [-0.2, 0) is 17.9 Å². The Morgan fingerprint density at radius 3 is 1.96 bits per heavy atom. The molecule has 0 atom stereocenters. The minimum atomic E-state index is 0.0929. The van der Waals surface area contributed by atoms with E-state index in [1.165, 1.54) is 0 Å². The van der Waals surface area contributed by atoms with Crippen LogP contribution in [-0.4, -0.2) is 17.4 Å². The largest absolute Gasteiger partial charge is 0.493 e. The topological polar surface area (TPSA) is 29.5 Å². The molecule has 0 radical (unpaired) electrons. The van der Waals surface area contributed by atoms with E-state index in [1.54, 1.807) is 0 Å². The summed E-state index contributed by atoms with van der Waals surface area (Å²) in [6, 6.07) is 28.1. The predicted octanol–water partition coefficient (Wildman–Crippen LogP) is 4.99. The number of benzene rings is 3. The average molecular weight is 359 g/mol. The standard InChI is InChI=1S/C24H25NO2/c1-20-9-8-14-23(17-20)27-16-15-24(26)25(18-21-10-4-2-5-11-21)19-22-12-6-3-7-13-22/h2-14,17H,15-16,18-19H2,1H3. The fourth-order valence-electron chi connectivity index (χ4n) is 2.96. The fourth-order valence-corrected chi connectivity index (χ4v) is 2.96. The zero-order valence-corrected chi connectivity index (χ0v) is 15.7. The van der Waals surface area contributed by atoms with Gasteiger partial charge in [-0.25, -0.2) is 0 Å². The molecule has 27 heavy (non-hydrogen) atoms. The Kier molecular flexibility index (Phi) is 6.64. The summed E-state index contributed by atoms with van der Waals surface area (Å²) in [4.78, 5) is 14.7. The number of amides is 1. The SMILES string of the molecule is Cc1cccc(OCCC(=O)N(Cc2ccccc2)Cc2ccccc2)c1. The van der Waals surface area contributed by atoms with Crippen LogP contribution >= 0.6 is 0 Å². The summed E-state index contributed by atoms with van der Waals surface area (Å²) in [5.41, 5.74) is 3.40. The molecule has 0 aliphatic carbocycles. The van der Waals surface area contributed by atoms with Crippen LogP contribution in [0.4, 0.5) is 0 Å². The van der Waals surface area contributed by atoms with E-state index in [2.05, 4.69) is 24.3 Å². The molecule has 0 fully saturated rings. The maximum absolute atomic E-state index is 12.9. The van der Waals surface area contributed by atoms with Gasteiger partial charge in [0.05, 0.1) is 13.0 Å². The second-order valence-electron chi connectivity index (χ2n) is 6.64. The first kappa shape index (κ1) is 18.7. The van der Waals surface area contributed by atoms with Gasteiger partial charge in [-0.3, -0.25) is 4.79 Å². The number of ether oxygens (including phenoxy) is 1. The van der Waals surface area contributed by atoms with Crippen LogP contribution in [0.25, 0.3) is 0 Å². The highest BCUT2D eigenvalue weighted by molar-refractivity contribution is 5.76. The second-order valence-corrected chi connectivity index (χ2v) is 6.64. The maximum atomic E-state index is 12.9. The van der Waals surface area contributed by atoms with Crippen molar-refractivity contribution in [2.45, 2.75) is 26.4 Å². The maximum Gasteiger partial charge on any atom is 0.226 e. The van der Waals surface area contributed by atoms with E-state index < -0.39 is 0 Å². The number of hydrogen-bond acceptors (Lipinski definition) is 2. The summed E-state index contributed by atoms with van der Waals surface area (Å²) in [6.45, 7) is 3.60. The minimum absolute atomic E-state index is 0.0929. The molecule has 1 amide bonds. The Morgan fingerprint density at radius 1 is 0.815 bits per heavy atom. The third kappa shape index (κ3) is 6.00. The van der Waals surface area contributed by atoms with Crippen molar-refractivity contribution < 1.29 is 9.53 Å². The van der Waals surface area contributed by atoms with Crippen LogP contribution in [0.3, 0.4) is 0 Å². The van der Waals surface area contributed by atoms with Gasteiger partial charge >= 0.3 is 0 Å². The van der Waals surface area contributed by atoms with E-state index in [-0.39, 0.29) is 5.91 Å². The van der Waals surface area contributed by atoms with Crippen LogP contribution in [0, 0.1) is 6.92 Å². The van der Waals surface area contributed by atoms with Gasteiger partial charge in [0.25, 0.3) is 0 Å². The molecule has 0 aliphatic heterocycles. The highest BCUT2D eigenvalue weighted by Gasteiger charge is 2.15. The molecule has 3 aromatic carbocycles. The lowest BCUT2D eigenvalue weighted by atomic mass is 10.1. The molecule has 0 N–H and O–H groups in total. The highest BCUT2D eigenvalue weighted by Crippen LogP contribution is 2.14. The van der Waals surface area contributed by atoms with Gasteiger partial charge in [-0.2, -0.15) is 0 Å². The van der Waals surface area contributed by atoms with Crippen LogP contribution in [0.5, 0.6) is 5.75 Å². The molecular formula is C24H25NO2. The third-order valence-corrected chi connectivity index (χ3v) is 4.36. The average Bonchev–Trinajstić information content (AvgIpc) is 2.69. The zero-order valence-electron chi connectivity index (χ0n) is 15.7. The van der Waals surface area contributed by atoms with Gasteiger partial charge in [0.2, 0.25) is 5.91 Å². The van der Waals surface area contributed by atoms with E-state index in [9.17, 15) is 4.79 Å². The molecule has 3 heteroatoms. The van der Waals surface area contributed by atoms with Crippen LogP contribution in [0.1, 0.15) is 23.1 Å². The van der Waals surface area contributed by atoms with E-state index in [4.69, 9.17) is 4.74 Å². The molecule has 3 rings (SSSR count). The normalized spacial score (nSPS) is 10.4. The fraction of sp³-hybridized carbons (Fsp3) is 0.208. The molecular weight excluding hydrogens is 334 g/mol. The Balaban J connectivity index is 1.62. The zero-order chi connectivity index (χ0) is 18.9. The van der Waals surface area contributed by atoms with Gasteiger partial charge in [0, 0.05) is 13.1 Å². The summed E-state index contributed by atoms with van der Waals surface area (Å²) in [5.74, 6) is 0.899. The number of carbonyl (C=O) groups is 1. The monoisotopic (exact) mass is 359 g/mol. The molecule has 0 aromatic heterocycles. The highest BCUT2D eigenvalue weighted by atomic mass is 16.5.